The molecule has 0 aliphatic heterocycles. The lowest BCUT2D eigenvalue weighted by atomic mass is 10.00. The van der Waals surface area contributed by atoms with Gasteiger partial charge >= 0.3 is 0 Å². The van der Waals surface area contributed by atoms with Crippen LogP contribution in [0.15, 0.2) is 16.7 Å². The molecule has 0 aromatic carbocycles. The summed E-state index contributed by atoms with van der Waals surface area (Å²) in [5, 5.41) is 0. The van der Waals surface area contributed by atoms with Crippen molar-refractivity contribution in [1.82, 2.24) is 4.98 Å². The van der Waals surface area contributed by atoms with E-state index < -0.39 is 0 Å². The standard InChI is InChI=1S/C13H20BrNO/c1-9(2)5-10(3)8-16-13-11(4)6-12(14)7-15-13/h6-7,9-10H,5,8H2,1-4H3. The van der Waals surface area contributed by atoms with E-state index in [-0.39, 0.29) is 0 Å². The second-order valence-electron chi connectivity index (χ2n) is 4.82. The third-order valence-electron chi connectivity index (χ3n) is 2.38. The van der Waals surface area contributed by atoms with Gasteiger partial charge < -0.3 is 4.74 Å². The monoisotopic (exact) mass is 285 g/mol. The summed E-state index contributed by atoms with van der Waals surface area (Å²) in [7, 11) is 0. The van der Waals surface area contributed by atoms with Gasteiger partial charge in [0.2, 0.25) is 5.88 Å². The Morgan fingerprint density at radius 1 is 1.38 bits per heavy atom. The molecule has 0 aliphatic rings. The lowest BCUT2D eigenvalue weighted by Crippen LogP contribution is -2.12. The minimum atomic E-state index is 0.574. The molecule has 1 heterocycles. The molecule has 90 valence electrons. The van der Waals surface area contributed by atoms with E-state index >= 15 is 0 Å². The smallest absolute Gasteiger partial charge is 0.216 e. The van der Waals surface area contributed by atoms with Gasteiger partial charge in [0.25, 0.3) is 0 Å². The molecule has 1 unspecified atom stereocenters. The Bertz CT molecular complexity index is 339. The van der Waals surface area contributed by atoms with E-state index in [1.54, 1.807) is 6.20 Å². The second kappa shape index (κ2) is 6.24. The maximum Gasteiger partial charge on any atom is 0.216 e. The van der Waals surface area contributed by atoms with Crippen molar-refractivity contribution < 1.29 is 4.74 Å². The Morgan fingerprint density at radius 2 is 2.06 bits per heavy atom. The molecule has 1 aromatic heterocycles. The minimum Gasteiger partial charge on any atom is -0.477 e. The molecule has 0 aliphatic carbocycles. The van der Waals surface area contributed by atoms with Gasteiger partial charge in [-0.25, -0.2) is 4.98 Å². The molecule has 1 aromatic rings. The van der Waals surface area contributed by atoms with Gasteiger partial charge in [0.1, 0.15) is 0 Å². The highest BCUT2D eigenvalue weighted by molar-refractivity contribution is 9.10. The first kappa shape index (κ1) is 13.5. The number of pyridine rings is 1. The second-order valence-corrected chi connectivity index (χ2v) is 5.74. The molecule has 1 atom stereocenters. The molecule has 0 spiro atoms. The lowest BCUT2D eigenvalue weighted by Gasteiger charge is -2.15. The van der Waals surface area contributed by atoms with Gasteiger partial charge in [-0.2, -0.15) is 0 Å². The Morgan fingerprint density at radius 3 is 2.62 bits per heavy atom. The van der Waals surface area contributed by atoms with Gasteiger partial charge in [0, 0.05) is 16.2 Å². The van der Waals surface area contributed by atoms with Crippen LogP contribution in [0.4, 0.5) is 0 Å². The summed E-state index contributed by atoms with van der Waals surface area (Å²) in [5.74, 6) is 2.04. The predicted octanol–water partition coefficient (Wildman–Crippen LogP) is 4.21. The van der Waals surface area contributed by atoms with E-state index in [1.807, 2.05) is 13.0 Å². The quantitative estimate of drug-likeness (QED) is 0.808. The molecular formula is C13H20BrNO. The minimum absolute atomic E-state index is 0.574. The van der Waals surface area contributed by atoms with Gasteiger partial charge in [-0.05, 0) is 47.2 Å². The summed E-state index contributed by atoms with van der Waals surface area (Å²) in [6.45, 7) is 9.45. The van der Waals surface area contributed by atoms with Gasteiger partial charge in [0.15, 0.2) is 0 Å². The van der Waals surface area contributed by atoms with Crippen molar-refractivity contribution in [3.05, 3.63) is 22.3 Å². The SMILES string of the molecule is Cc1cc(Br)cnc1OCC(C)CC(C)C. The van der Waals surface area contributed by atoms with Crippen LogP contribution in [0.5, 0.6) is 5.88 Å². The van der Waals surface area contributed by atoms with Crippen molar-refractivity contribution in [3.8, 4) is 5.88 Å². The Kier molecular flexibility index (Phi) is 5.26. The normalized spacial score (nSPS) is 12.9. The number of nitrogens with zero attached hydrogens (tertiary/aromatic N) is 1. The lowest BCUT2D eigenvalue weighted by molar-refractivity contribution is 0.230. The Hall–Kier alpha value is -0.570. The van der Waals surface area contributed by atoms with Crippen LogP contribution >= 0.6 is 15.9 Å². The van der Waals surface area contributed by atoms with E-state index in [9.17, 15) is 0 Å². The van der Waals surface area contributed by atoms with Crippen molar-refractivity contribution in [2.45, 2.75) is 34.1 Å². The molecule has 1 rings (SSSR count). The maximum atomic E-state index is 5.72. The molecule has 2 nitrogen and oxygen atoms in total. The summed E-state index contributed by atoms with van der Waals surface area (Å²) < 4.78 is 6.72. The number of aryl methyl sites for hydroxylation is 1. The third kappa shape index (κ3) is 4.52. The zero-order valence-corrected chi connectivity index (χ0v) is 12.0. The van der Waals surface area contributed by atoms with Gasteiger partial charge in [-0.3, -0.25) is 0 Å². The van der Waals surface area contributed by atoms with Crippen molar-refractivity contribution in [1.29, 1.82) is 0 Å². The predicted molar refractivity (Wildman–Crippen MR) is 70.8 cm³/mol. The largest absolute Gasteiger partial charge is 0.477 e. The van der Waals surface area contributed by atoms with Crippen LogP contribution in [0, 0.1) is 18.8 Å². The van der Waals surface area contributed by atoms with E-state index in [0.29, 0.717) is 5.92 Å². The average molecular weight is 286 g/mol. The van der Waals surface area contributed by atoms with Crippen LogP contribution in [0.2, 0.25) is 0 Å². The highest BCUT2D eigenvalue weighted by atomic mass is 79.9. The van der Waals surface area contributed by atoms with Gasteiger partial charge in [-0.1, -0.05) is 20.8 Å². The Balaban J connectivity index is 2.48. The number of hydrogen-bond donors (Lipinski definition) is 0. The van der Waals surface area contributed by atoms with Crippen LogP contribution in [0.1, 0.15) is 32.8 Å². The van der Waals surface area contributed by atoms with Gasteiger partial charge in [0.05, 0.1) is 6.61 Å². The summed E-state index contributed by atoms with van der Waals surface area (Å²) in [6.07, 6.45) is 2.96. The van der Waals surface area contributed by atoms with Crippen molar-refractivity contribution in [2.75, 3.05) is 6.61 Å². The first-order valence-corrected chi connectivity index (χ1v) is 6.53. The molecule has 0 N–H and O–H groups in total. The van der Waals surface area contributed by atoms with Crippen molar-refractivity contribution in [2.24, 2.45) is 11.8 Å². The fraction of sp³-hybridized carbons (Fsp3) is 0.615. The third-order valence-corrected chi connectivity index (χ3v) is 2.81. The zero-order valence-electron chi connectivity index (χ0n) is 10.5. The first-order valence-electron chi connectivity index (χ1n) is 5.74. The van der Waals surface area contributed by atoms with E-state index in [2.05, 4.69) is 41.7 Å². The fourth-order valence-corrected chi connectivity index (χ4v) is 2.22. The Labute approximate surface area is 107 Å². The molecule has 0 saturated heterocycles. The fourth-order valence-electron chi connectivity index (χ4n) is 1.77. The van der Waals surface area contributed by atoms with E-state index in [0.717, 1.165) is 28.4 Å². The molecule has 3 heteroatoms. The summed E-state index contributed by atoms with van der Waals surface area (Å²) in [4.78, 5) is 4.26. The number of hydrogen-bond acceptors (Lipinski definition) is 2. The summed E-state index contributed by atoms with van der Waals surface area (Å²) in [6, 6.07) is 2.02. The topological polar surface area (TPSA) is 22.1 Å². The number of ether oxygens (including phenoxy) is 1. The molecule has 0 amide bonds. The highest BCUT2D eigenvalue weighted by Crippen LogP contribution is 2.20. The number of aromatic nitrogens is 1. The molecule has 0 fully saturated rings. The number of halogens is 1. The van der Waals surface area contributed by atoms with Gasteiger partial charge in [-0.15, -0.1) is 0 Å². The van der Waals surface area contributed by atoms with Crippen LogP contribution in [-0.2, 0) is 0 Å². The van der Waals surface area contributed by atoms with Crippen LogP contribution < -0.4 is 4.74 Å². The zero-order chi connectivity index (χ0) is 12.1. The summed E-state index contributed by atoms with van der Waals surface area (Å²) >= 11 is 3.39. The highest BCUT2D eigenvalue weighted by Gasteiger charge is 2.08. The van der Waals surface area contributed by atoms with Crippen molar-refractivity contribution >= 4 is 15.9 Å². The molecular weight excluding hydrogens is 266 g/mol. The van der Waals surface area contributed by atoms with E-state index in [1.165, 1.54) is 6.42 Å². The molecule has 16 heavy (non-hydrogen) atoms. The number of rotatable bonds is 5. The summed E-state index contributed by atoms with van der Waals surface area (Å²) in [5.41, 5.74) is 1.08. The average Bonchev–Trinajstić information content (AvgIpc) is 2.15. The van der Waals surface area contributed by atoms with Crippen molar-refractivity contribution in [3.63, 3.8) is 0 Å². The molecule has 0 saturated carbocycles. The molecule has 0 bridgehead atoms. The molecule has 0 radical (unpaired) electrons. The van der Waals surface area contributed by atoms with Crippen LogP contribution in [0.25, 0.3) is 0 Å². The van der Waals surface area contributed by atoms with E-state index in [4.69, 9.17) is 4.74 Å². The maximum absolute atomic E-state index is 5.72. The van der Waals surface area contributed by atoms with Crippen LogP contribution in [-0.4, -0.2) is 11.6 Å². The first-order chi connectivity index (χ1) is 7.49. The van der Waals surface area contributed by atoms with Crippen LogP contribution in [0.3, 0.4) is 0 Å².